The van der Waals surface area contributed by atoms with Gasteiger partial charge in [-0.1, -0.05) is 48.5 Å². The number of ether oxygens (including phenoxy) is 2. The number of rotatable bonds is 2. The fraction of sp³-hybridized carbons (Fsp3) is 0.280. The second-order valence-corrected chi connectivity index (χ2v) is 8.17. The van der Waals surface area contributed by atoms with Crippen LogP contribution in [0.25, 0.3) is 10.8 Å². The summed E-state index contributed by atoms with van der Waals surface area (Å²) >= 11 is 0. The highest BCUT2D eigenvalue weighted by Crippen LogP contribution is 2.36. The summed E-state index contributed by atoms with van der Waals surface area (Å²) in [4.78, 5) is 29.3. The molecule has 0 bridgehead atoms. The molecule has 8 heteroatoms. The lowest BCUT2D eigenvalue weighted by Gasteiger charge is -2.36. The van der Waals surface area contributed by atoms with E-state index < -0.39 is 5.91 Å². The molecule has 170 valence electrons. The van der Waals surface area contributed by atoms with Crippen LogP contribution in [0.5, 0.6) is 5.75 Å². The van der Waals surface area contributed by atoms with Crippen molar-refractivity contribution in [2.75, 3.05) is 32.9 Å². The Bertz CT molecular complexity index is 1190. The van der Waals surface area contributed by atoms with E-state index >= 15 is 0 Å². The molecule has 1 fully saturated rings. The molecule has 33 heavy (non-hydrogen) atoms. The Hall–Kier alpha value is -3.62. The lowest BCUT2D eigenvalue weighted by molar-refractivity contribution is 0.0363. The average molecular weight is 447 g/mol. The molecule has 0 saturated carbocycles. The minimum atomic E-state index is -0.613. The van der Waals surface area contributed by atoms with Gasteiger partial charge in [-0.15, -0.1) is 0 Å². The van der Waals surface area contributed by atoms with Gasteiger partial charge < -0.3 is 19.3 Å². The van der Waals surface area contributed by atoms with Gasteiger partial charge in [-0.2, -0.15) is 0 Å². The van der Waals surface area contributed by atoms with Crippen molar-refractivity contribution in [1.29, 1.82) is 0 Å². The predicted molar refractivity (Wildman–Crippen MR) is 121 cm³/mol. The predicted octanol–water partition coefficient (Wildman–Crippen LogP) is 3.35. The maximum absolute atomic E-state index is 13.7. The topological polar surface area (TPSA) is 91.3 Å². The Kier molecular flexibility index (Phi) is 5.85. The van der Waals surface area contributed by atoms with Gasteiger partial charge in [-0.25, -0.2) is 10.3 Å². The molecule has 3 amide bonds. The molecule has 5 rings (SSSR count). The first-order chi connectivity index (χ1) is 16.2. The third-order valence-electron chi connectivity index (χ3n) is 6.25. The third kappa shape index (κ3) is 4.10. The van der Waals surface area contributed by atoms with Crippen molar-refractivity contribution in [2.24, 2.45) is 0 Å². The highest BCUT2D eigenvalue weighted by molar-refractivity contribution is 5.94. The molecular weight excluding hydrogens is 422 g/mol. The van der Waals surface area contributed by atoms with Gasteiger partial charge in [0, 0.05) is 24.2 Å². The molecule has 2 aliphatic rings. The smallest absolute Gasteiger partial charge is 0.321 e. The number of nitrogens with zero attached hydrogens (tertiary/aromatic N) is 2. The van der Waals surface area contributed by atoms with Crippen molar-refractivity contribution in [1.82, 2.24) is 15.3 Å². The van der Waals surface area contributed by atoms with Crippen LogP contribution in [0.1, 0.15) is 27.5 Å². The van der Waals surface area contributed by atoms with Crippen LogP contribution >= 0.6 is 0 Å². The highest BCUT2D eigenvalue weighted by atomic mass is 16.5. The SMILES string of the molecule is O=C(NO)c1ccc2c(c1)OC[C@@H](c1cccc3ccccc13)N(C(=O)N1CCOCC1)C2. The van der Waals surface area contributed by atoms with E-state index in [-0.39, 0.29) is 24.2 Å². The second kappa shape index (κ2) is 9.09. The fourth-order valence-electron chi connectivity index (χ4n) is 4.51. The van der Waals surface area contributed by atoms with Crippen molar-refractivity contribution in [3.05, 3.63) is 77.4 Å². The molecule has 2 heterocycles. The van der Waals surface area contributed by atoms with Crippen LogP contribution in [0.4, 0.5) is 4.79 Å². The molecule has 2 aliphatic heterocycles. The van der Waals surface area contributed by atoms with Gasteiger partial charge in [-0.05, 0) is 28.5 Å². The number of benzene rings is 3. The van der Waals surface area contributed by atoms with Crippen LogP contribution in [-0.2, 0) is 11.3 Å². The second-order valence-electron chi connectivity index (χ2n) is 8.17. The first kappa shape index (κ1) is 21.2. The molecular formula is C25H25N3O5. The first-order valence-corrected chi connectivity index (χ1v) is 11.0. The summed E-state index contributed by atoms with van der Waals surface area (Å²) in [6.45, 7) is 2.69. The maximum atomic E-state index is 13.7. The summed E-state index contributed by atoms with van der Waals surface area (Å²) in [7, 11) is 0. The minimum absolute atomic E-state index is 0.0649. The number of fused-ring (bicyclic) bond motifs is 2. The van der Waals surface area contributed by atoms with Gasteiger partial charge in [-0.3, -0.25) is 10.0 Å². The van der Waals surface area contributed by atoms with Gasteiger partial charge >= 0.3 is 6.03 Å². The Morgan fingerprint density at radius 3 is 2.61 bits per heavy atom. The summed E-state index contributed by atoms with van der Waals surface area (Å²) in [5, 5.41) is 11.2. The average Bonchev–Trinajstić information content (AvgIpc) is 3.07. The van der Waals surface area contributed by atoms with Crippen LogP contribution in [-0.4, -0.2) is 59.9 Å². The molecule has 0 unspecified atom stereocenters. The monoisotopic (exact) mass is 447 g/mol. The lowest BCUT2D eigenvalue weighted by atomic mass is 9.98. The lowest BCUT2D eigenvalue weighted by Crippen LogP contribution is -2.49. The van der Waals surface area contributed by atoms with Crippen molar-refractivity contribution >= 4 is 22.7 Å². The molecule has 3 aromatic rings. The third-order valence-corrected chi connectivity index (χ3v) is 6.25. The minimum Gasteiger partial charge on any atom is -0.491 e. The van der Waals surface area contributed by atoms with Crippen LogP contribution in [0.3, 0.4) is 0 Å². The van der Waals surface area contributed by atoms with Crippen LogP contribution < -0.4 is 10.2 Å². The zero-order valence-electron chi connectivity index (χ0n) is 18.1. The Morgan fingerprint density at radius 2 is 1.79 bits per heavy atom. The maximum Gasteiger partial charge on any atom is 0.321 e. The first-order valence-electron chi connectivity index (χ1n) is 11.0. The number of morpholine rings is 1. The quantitative estimate of drug-likeness (QED) is 0.464. The summed E-state index contributed by atoms with van der Waals surface area (Å²) in [6.07, 6.45) is 0. The summed E-state index contributed by atoms with van der Waals surface area (Å²) in [5.74, 6) is -0.0869. The Labute approximate surface area is 191 Å². The zero-order valence-corrected chi connectivity index (χ0v) is 18.1. The number of hydrogen-bond acceptors (Lipinski definition) is 5. The zero-order chi connectivity index (χ0) is 22.8. The largest absolute Gasteiger partial charge is 0.491 e. The van der Waals surface area contributed by atoms with Crippen LogP contribution in [0.2, 0.25) is 0 Å². The number of amides is 3. The number of carbonyl (C=O) groups is 2. The normalized spacial score (nSPS) is 18.3. The molecule has 0 aliphatic carbocycles. The summed E-state index contributed by atoms with van der Waals surface area (Å²) in [5.41, 5.74) is 3.74. The molecule has 1 atom stereocenters. The molecule has 3 aromatic carbocycles. The summed E-state index contributed by atoms with van der Waals surface area (Å²) in [6, 6.07) is 18.8. The fourth-order valence-corrected chi connectivity index (χ4v) is 4.51. The van der Waals surface area contributed by atoms with E-state index in [2.05, 4.69) is 18.2 Å². The van der Waals surface area contributed by atoms with Gasteiger partial charge in [0.25, 0.3) is 5.91 Å². The van der Waals surface area contributed by atoms with E-state index in [4.69, 9.17) is 14.7 Å². The standard InChI is InChI=1S/C25H25N3O5/c29-24(26-31)18-8-9-19-15-28(25(30)27-10-12-32-13-11-27)22(16-33-23(19)14-18)21-7-3-5-17-4-1-2-6-20(17)21/h1-9,14,22,31H,10-13,15-16H2,(H,26,29)/t22-/m0/s1. The molecule has 2 N–H and O–H groups in total. The van der Waals surface area contributed by atoms with E-state index in [1.54, 1.807) is 23.7 Å². The number of hydrogen-bond donors (Lipinski definition) is 2. The number of urea groups is 1. The van der Waals surface area contributed by atoms with Gasteiger partial charge in [0.2, 0.25) is 0 Å². The molecule has 1 saturated heterocycles. The van der Waals surface area contributed by atoms with Crippen molar-refractivity contribution in [3.8, 4) is 5.75 Å². The number of hydroxylamine groups is 1. The van der Waals surface area contributed by atoms with E-state index in [9.17, 15) is 9.59 Å². The van der Waals surface area contributed by atoms with E-state index in [0.717, 1.165) is 21.9 Å². The number of nitrogens with one attached hydrogen (secondary N) is 1. The van der Waals surface area contributed by atoms with Crippen LogP contribution in [0, 0.1) is 0 Å². The molecule has 0 radical (unpaired) electrons. The molecule has 0 spiro atoms. The molecule has 8 nitrogen and oxygen atoms in total. The van der Waals surface area contributed by atoms with Gasteiger partial charge in [0.05, 0.1) is 25.8 Å². The molecule has 0 aromatic heterocycles. The highest BCUT2D eigenvalue weighted by Gasteiger charge is 2.34. The van der Waals surface area contributed by atoms with E-state index in [1.165, 1.54) is 0 Å². The Balaban J connectivity index is 1.57. The van der Waals surface area contributed by atoms with E-state index in [0.29, 0.717) is 38.6 Å². The summed E-state index contributed by atoms with van der Waals surface area (Å²) < 4.78 is 11.6. The van der Waals surface area contributed by atoms with Gasteiger partial charge in [0.1, 0.15) is 12.4 Å². The van der Waals surface area contributed by atoms with Gasteiger partial charge in [0.15, 0.2) is 0 Å². The van der Waals surface area contributed by atoms with Crippen molar-refractivity contribution < 1.29 is 24.3 Å². The van der Waals surface area contributed by atoms with Crippen LogP contribution in [0.15, 0.2) is 60.7 Å². The van der Waals surface area contributed by atoms with E-state index in [1.807, 2.05) is 34.1 Å². The van der Waals surface area contributed by atoms with Crippen molar-refractivity contribution in [2.45, 2.75) is 12.6 Å². The number of carbonyl (C=O) groups excluding carboxylic acids is 2. The van der Waals surface area contributed by atoms with Crippen molar-refractivity contribution in [3.63, 3.8) is 0 Å². The Morgan fingerprint density at radius 1 is 1.00 bits per heavy atom.